The molecule has 0 aliphatic heterocycles. The van der Waals surface area contributed by atoms with Crippen LogP contribution in [0.5, 0.6) is 0 Å². The smallest absolute Gasteiger partial charge is 0.306 e. The maximum absolute atomic E-state index is 12.9. The monoisotopic (exact) mass is 1100 g/mol. The van der Waals surface area contributed by atoms with Crippen LogP contribution in [-0.2, 0) is 28.6 Å². The molecule has 0 amide bonds. The molecule has 6 heteroatoms. The molecule has 0 saturated carbocycles. The summed E-state index contributed by atoms with van der Waals surface area (Å²) in [4.78, 5) is 38.3. The van der Waals surface area contributed by atoms with Gasteiger partial charge in [-0.3, -0.25) is 14.4 Å². The molecule has 0 heterocycles. The molecule has 0 aliphatic carbocycles. The Morgan fingerprint density at radius 3 is 0.823 bits per heavy atom. The third kappa shape index (κ3) is 65.5. The predicted molar refractivity (Wildman–Crippen MR) is 344 cm³/mol. The van der Waals surface area contributed by atoms with Crippen LogP contribution in [0.25, 0.3) is 0 Å². The molecule has 0 N–H and O–H groups in total. The van der Waals surface area contributed by atoms with Crippen molar-refractivity contribution in [2.45, 2.75) is 361 Å². The largest absolute Gasteiger partial charge is 0.462 e. The van der Waals surface area contributed by atoms with E-state index in [0.29, 0.717) is 19.3 Å². The Kier molecular flexibility index (Phi) is 64.7. The van der Waals surface area contributed by atoms with Crippen molar-refractivity contribution in [3.05, 3.63) is 72.9 Å². The van der Waals surface area contributed by atoms with Crippen LogP contribution < -0.4 is 0 Å². The zero-order valence-electron chi connectivity index (χ0n) is 52.6. The molecule has 0 rings (SSSR count). The lowest BCUT2D eigenvalue weighted by molar-refractivity contribution is -0.167. The molecule has 458 valence electrons. The third-order valence-corrected chi connectivity index (χ3v) is 15.2. The first-order valence-corrected chi connectivity index (χ1v) is 34.4. The van der Waals surface area contributed by atoms with Gasteiger partial charge < -0.3 is 14.2 Å². The molecule has 0 aromatic carbocycles. The van der Waals surface area contributed by atoms with Crippen molar-refractivity contribution in [1.82, 2.24) is 0 Å². The van der Waals surface area contributed by atoms with Crippen LogP contribution in [0.4, 0.5) is 0 Å². The second-order valence-corrected chi connectivity index (χ2v) is 23.1. The van der Waals surface area contributed by atoms with Crippen LogP contribution in [0.2, 0.25) is 0 Å². The average Bonchev–Trinajstić information content (AvgIpc) is 3.45. The number of hydrogen-bond donors (Lipinski definition) is 0. The van der Waals surface area contributed by atoms with Crippen molar-refractivity contribution in [3.63, 3.8) is 0 Å². The maximum Gasteiger partial charge on any atom is 0.306 e. The van der Waals surface area contributed by atoms with E-state index in [-0.39, 0.29) is 31.1 Å². The number of ether oxygens (including phenoxy) is 3. The van der Waals surface area contributed by atoms with Gasteiger partial charge in [-0.2, -0.15) is 0 Å². The third-order valence-electron chi connectivity index (χ3n) is 15.2. The number of unbranched alkanes of at least 4 members (excludes halogenated alkanes) is 40. The van der Waals surface area contributed by atoms with Gasteiger partial charge in [-0.15, -0.1) is 0 Å². The average molecular weight is 1100 g/mol. The number of allylic oxidation sites excluding steroid dienone is 12. The number of hydrogen-bond acceptors (Lipinski definition) is 6. The van der Waals surface area contributed by atoms with Crippen LogP contribution in [-0.4, -0.2) is 37.2 Å². The molecule has 0 aromatic heterocycles. The van der Waals surface area contributed by atoms with E-state index in [9.17, 15) is 14.4 Å². The summed E-state index contributed by atoms with van der Waals surface area (Å²) < 4.78 is 16.9. The summed E-state index contributed by atoms with van der Waals surface area (Å²) in [5.41, 5.74) is 0. The van der Waals surface area contributed by atoms with Crippen molar-refractivity contribution in [2.24, 2.45) is 0 Å². The van der Waals surface area contributed by atoms with E-state index in [4.69, 9.17) is 14.2 Å². The summed E-state index contributed by atoms with van der Waals surface area (Å²) in [5.74, 6) is -0.908. The zero-order valence-corrected chi connectivity index (χ0v) is 52.6. The van der Waals surface area contributed by atoms with Gasteiger partial charge in [-0.05, 0) is 109 Å². The van der Waals surface area contributed by atoms with Gasteiger partial charge in [0.1, 0.15) is 13.2 Å². The molecule has 0 aliphatic rings. The SMILES string of the molecule is CC/C=C\C/C=C\C/C=C\CCCCCC(=O)OCC(COC(=O)CCCCCCCCCCCCCCCCCCCCC/C=C\CCCCCCCCCC)OC(=O)CCCCCCCCC/C=C\C/C=C\CCCCC. The summed E-state index contributed by atoms with van der Waals surface area (Å²) in [6.07, 6.45) is 88.0. The zero-order chi connectivity index (χ0) is 57.1. The highest BCUT2D eigenvalue weighted by molar-refractivity contribution is 5.71. The standard InChI is InChI=1S/C73H130O6/c1-4-7-10-13-16-19-22-25-27-29-30-31-32-33-34-35-36-37-38-39-40-41-42-44-45-48-51-54-57-60-63-66-72(75)78-69-70(68-77-71(74)65-62-59-56-53-50-47-24-21-18-15-12-9-6-3)79-73(76)67-64-61-58-55-52-49-46-43-28-26-23-20-17-14-11-8-5-2/h9,12,17-18,20-21,26,28-30,47,50,70H,4-8,10-11,13-16,19,22-25,27,31-46,48-49,51-69H2,1-3H3/b12-9-,20-17-,21-18-,28-26-,30-29-,50-47-. The molecular weight excluding hydrogens is 973 g/mol. The van der Waals surface area contributed by atoms with E-state index < -0.39 is 6.10 Å². The van der Waals surface area contributed by atoms with Gasteiger partial charge in [0.15, 0.2) is 6.10 Å². The topological polar surface area (TPSA) is 78.9 Å². The molecule has 79 heavy (non-hydrogen) atoms. The van der Waals surface area contributed by atoms with Crippen molar-refractivity contribution in [2.75, 3.05) is 13.2 Å². The van der Waals surface area contributed by atoms with Crippen molar-refractivity contribution in [3.8, 4) is 0 Å². The first-order valence-electron chi connectivity index (χ1n) is 34.4. The van der Waals surface area contributed by atoms with E-state index in [1.807, 2.05) is 0 Å². The summed E-state index contributed by atoms with van der Waals surface area (Å²) in [5, 5.41) is 0. The molecule has 1 unspecified atom stereocenters. The first-order chi connectivity index (χ1) is 39.0. The summed E-state index contributed by atoms with van der Waals surface area (Å²) >= 11 is 0. The minimum absolute atomic E-state index is 0.0855. The van der Waals surface area contributed by atoms with Gasteiger partial charge in [0.05, 0.1) is 0 Å². The summed E-state index contributed by atoms with van der Waals surface area (Å²) in [6, 6.07) is 0. The number of carbonyl (C=O) groups is 3. The maximum atomic E-state index is 12.9. The van der Waals surface area contributed by atoms with Crippen LogP contribution in [0.1, 0.15) is 355 Å². The lowest BCUT2D eigenvalue weighted by atomic mass is 10.0. The van der Waals surface area contributed by atoms with Crippen LogP contribution >= 0.6 is 0 Å². The Labute approximate surface area is 491 Å². The first kappa shape index (κ1) is 75.8. The van der Waals surface area contributed by atoms with Gasteiger partial charge in [0.2, 0.25) is 0 Å². The van der Waals surface area contributed by atoms with Crippen molar-refractivity contribution >= 4 is 17.9 Å². The molecule has 0 aromatic rings. The quantitative estimate of drug-likeness (QED) is 0.0261. The minimum Gasteiger partial charge on any atom is -0.462 e. The minimum atomic E-state index is -0.792. The van der Waals surface area contributed by atoms with E-state index in [1.165, 1.54) is 218 Å². The van der Waals surface area contributed by atoms with E-state index >= 15 is 0 Å². The number of esters is 3. The fourth-order valence-corrected chi connectivity index (χ4v) is 10.0. The normalized spacial score (nSPS) is 12.5. The van der Waals surface area contributed by atoms with Crippen LogP contribution in [0, 0.1) is 0 Å². The highest BCUT2D eigenvalue weighted by Gasteiger charge is 2.19. The Bertz CT molecular complexity index is 1450. The predicted octanol–water partition coefficient (Wildman–Crippen LogP) is 23.7. The van der Waals surface area contributed by atoms with E-state index in [0.717, 1.165) is 96.3 Å². The summed E-state index contributed by atoms with van der Waals surface area (Å²) in [6.45, 7) is 6.51. The van der Waals surface area contributed by atoms with E-state index in [1.54, 1.807) is 0 Å². The molecule has 0 fully saturated rings. The Morgan fingerprint density at radius 1 is 0.266 bits per heavy atom. The van der Waals surface area contributed by atoms with Gasteiger partial charge in [0.25, 0.3) is 0 Å². The Morgan fingerprint density at radius 2 is 0.494 bits per heavy atom. The second-order valence-electron chi connectivity index (χ2n) is 23.1. The fraction of sp³-hybridized carbons (Fsp3) is 0.795. The molecule has 1 atom stereocenters. The van der Waals surface area contributed by atoms with Crippen molar-refractivity contribution in [1.29, 1.82) is 0 Å². The molecule has 0 saturated heterocycles. The van der Waals surface area contributed by atoms with Crippen molar-refractivity contribution < 1.29 is 28.6 Å². The molecule has 0 radical (unpaired) electrons. The lowest BCUT2D eigenvalue weighted by Gasteiger charge is -2.18. The summed E-state index contributed by atoms with van der Waals surface area (Å²) in [7, 11) is 0. The van der Waals surface area contributed by atoms with Crippen LogP contribution in [0.15, 0.2) is 72.9 Å². The Balaban J connectivity index is 4.18. The lowest BCUT2D eigenvalue weighted by Crippen LogP contribution is -2.30. The fourth-order valence-electron chi connectivity index (χ4n) is 10.0. The van der Waals surface area contributed by atoms with Gasteiger partial charge in [-0.25, -0.2) is 0 Å². The molecule has 6 nitrogen and oxygen atoms in total. The second kappa shape index (κ2) is 67.4. The van der Waals surface area contributed by atoms with Gasteiger partial charge in [0, 0.05) is 19.3 Å². The van der Waals surface area contributed by atoms with Crippen LogP contribution in [0.3, 0.4) is 0 Å². The molecular formula is C73H130O6. The van der Waals surface area contributed by atoms with Gasteiger partial charge in [-0.1, -0.05) is 299 Å². The highest BCUT2D eigenvalue weighted by Crippen LogP contribution is 2.17. The number of rotatable bonds is 63. The highest BCUT2D eigenvalue weighted by atomic mass is 16.6. The van der Waals surface area contributed by atoms with E-state index in [2.05, 4.69) is 93.7 Å². The molecule has 0 bridgehead atoms. The Hall–Kier alpha value is -3.15. The number of carbonyl (C=O) groups excluding carboxylic acids is 3. The molecule has 0 spiro atoms. The van der Waals surface area contributed by atoms with Gasteiger partial charge >= 0.3 is 17.9 Å².